The minimum atomic E-state index is -0.529. The minimum Gasteiger partial charge on any atom is -0.405 e. The molecule has 1 aromatic carbocycles. The number of hydrogen-bond acceptors (Lipinski definition) is 6. The van der Waals surface area contributed by atoms with Gasteiger partial charge in [-0.1, -0.05) is 50.7 Å². The van der Waals surface area contributed by atoms with Crippen LogP contribution in [0.1, 0.15) is 37.4 Å². The SMILES string of the molecule is C=CCC(c1ccc(Cl)cc1C(=C)C(/C=C/N=CN(C)C)NC(=O)COC)N1CCN(C(=O)C(C)C)CC1.C=CN. The van der Waals surface area contributed by atoms with Gasteiger partial charge in [-0.15, -0.1) is 6.58 Å². The fourth-order valence-electron chi connectivity index (χ4n) is 4.42. The number of aliphatic imine (C=N–C) groups is 1. The van der Waals surface area contributed by atoms with Crippen molar-refractivity contribution < 1.29 is 14.3 Å². The molecule has 2 atom stereocenters. The van der Waals surface area contributed by atoms with Crippen LogP contribution in [0.25, 0.3) is 5.57 Å². The summed E-state index contributed by atoms with van der Waals surface area (Å²) in [5, 5.41) is 3.55. The quantitative estimate of drug-likeness (QED) is 0.205. The molecule has 1 heterocycles. The van der Waals surface area contributed by atoms with Crippen LogP contribution in [0.15, 0.2) is 67.5 Å². The molecule has 1 aliphatic heterocycles. The highest BCUT2D eigenvalue weighted by Gasteiger charge is 2.29. The Hall–Kier alpha value is -3.40. The highest BCUT2D eigenvalue weighted by atomic mass is 35.5. The molecule has 0 spiro atoms. The largest absolute Gasteiger partial charge is 0.405 e. The third-order valence-corrected chi connectivity index (χ3v) is 6.54. The first kappa shape index (κ1) is 35.6. The summed E-state index contributed by atoms with van der Waals surface area (Å²) >= 11 is 6.46. The van der Waals surface area contributed by atoms with E-state index in [0.29, 0.717) is 30.1 Å². The van der Waals surface area contributed by atoms with Gasteiger partial charge in [0.15, 0.2) is 0 Å². The number of nitrogens with two attached hydrogens (primary N) is 1. The van der Waals surface area contributed by atoms with Gasteiger partial charge in [0.2, 0.25) is 11.8 Å². The maximum absolute atomic E-state index is 12.5. The van der Waals surface area contributed by atoms with Crippen LogP contribution >= 0.6 is 11.6 Å². The molecule has 1 aliphatic rings. The lowest BCUT2D eigenvalue weighted by Gasteiger charge is -2.40. The monoisotopic (exact) mass is 586 g/mol. The van der Waals surface area contributed by atoms with Crippen LogP contribution in [-0.2, 0) is 14.3 Å². The lowest BCUT2D eigenvalue weighted by atomic mass is 9.89. The van der Waals surface area contributed by atoms with Gasteiger partial charge in [0.1, 0.15) is 6.61 Å². The molecule has 0 saturated carbocycles. The van der Waals surface area contributed by atoms with E-state index in [-0.39, 0.29) is 30.4 Å². The third kappa shape index (κ3) is 11.9. The molecular weight excluding hydrogens is 540 g/mol. The molecule has 3 N–H and O–H groups in total. The molecular formula is C31H47ClN6O3. The highest BCUT2D eigenvalue weighted by Crippen LogP contribution is 2.35. The van der Waals surface area contributed by atoms with Gasteiger partial charge < -0.3 is 25.6 Å². The number of rotatable bonds is 13. The van der Waals surface area contributed by atoms with Gasteiger partial charge in [0.25, 0.3) is 0 Å². The molecule has 1 aromatic rings. The molecule has 0 radical (unpaired) electrons. The molecule has 41 heavy (non-hydrogen) atoms. The summed E-state index contributed by atoms with van der Waals surface area (Å²) in [6.45, 7) is 18.2. The second-order valence-corrected chi connectivity index (χ2v) is 10.5. The van der Waals surface area contributed by atoms with Gasteiger partial charge in [-0.3, -0.25) is 14.5 Å². The second-order valence-electron chi connectivity index (χ2n) is 10.1. The Kier molecular flexibility index (Phi) is 16.4. The van der Waals surface area contributed by atoms with Crippen molar-refractivity contribution in [1.82, 2.24) is 20.0 Å². The number of benzene rings is 1. The number of methoxy groups -OCH3 is 1. The summed E-state index contributed by atoms with van der Waals surface area (Å²) in [6.07, 6.45) is 8.97. The van der Waals surface area contributed by atoms with E-state index in [9.17, 15) is 9.59 Å². The molecule has 1 saturated heterocycles. The first-order valence-corrected chi connectivity index (χ1v) is 14.0. The maximum atomic E-state index is 12.5. The fourth-order valence-corrected chi connectivity index (χ4v) is 4.59. The van der Waals surface area contributed by atoms with Gasteiger partial charge in [-0.2, -0.15) is 0 Å². The lowest BCUT2D eigenvalue weighted by molar-refractivity contribution is -0.136. The molecule has 2 rings (SSSR count). The van der Waals surface area contributed by atoms with Crippen LogP contribution in [0.2, 0.25) is 5.02 Å². The summed E-state index contributed by atoms with van der Waals surface area (Å²) in [5.41, 5.74) is 7.19. The Bertz CT molecular complexity index is 1080. The predicted octanol–water partition coefficient (Wildman–Crippen LogP) is 4.09. The highest BCUT2D eigenvalue weighted by molar-refractivity contribution is 6.30. The number of amides is 2. The zero-order valence-corrected chi connectivity index (χ0v) is 25.9. The summed E-state index contributed by atoms with van der Waals surface area (Å²) in [6, 6.07) is 5.26. The number of hydrogen-bond donors (Lipinski definition) is 2. The molecule has 9 nitrogen and oxygen atoms in total. The van der Waals surface area contributed by atoms with Crippen molar-refractivity contribution in [3.05, 3.63) is 78.6 Å². The molecule has 2 unspecified atom stereocenters. The smallest absolute Gasteiger partial charge is 0.246 e. The molecule has 1 fully saturated rings. The summed E-state index contributed by atoms with van der Waals surface area (Å²) < 4.78 is 5.01. The number of nitrogens with one attached hydrogen (secondary N) is 1. The van der Waals surface area contributed by atoms with Crippen LogP contribution in [0.3, 0.4) is 0 Å². The van der Waals surface area contributed by atoms with Crippen molar-refractivity contribution in [3.8, 4) is 0 Å². The normalized spacial score (nSPS) is 15.2. The van der Waals surface area contributed by atoms with Crippen molar-refractivity contribution in [2.24, 2.45) is 16.6 Å². The molecule has 226 valence electrons. The van der Waals surface area contributed by atoms with Gasteiger partial charge in [-0.05, 0) is 47.5 Å². The van der Waals surface area contributed by atoms with Crippen molar-refractivity contribution in [2.75, 3.05) is 54.0 Å². The Labute approximate surface area is 251 Å². The second kappa shape index (κ2) is 18.9. The minimum absolute atomic E-state index is 0.0129. The average molecular weight is 587 g/mol. The van der Waals surface area contributed by atoms with Gasteiger partial charge in [-0.25, -0.2) is 4.99 Å². The Morgan fingerprint density at radius 1 is 1.22 bits per heavy atom. The van der Waals surface area contributed by atoms with Crippen LogP contribution in [-0.4, -0.2) is 92.9 Å². The van der Waals surface area contributed by atoms with Gasteiger partial charge >= 0.3 is 0 Å². The summed E-state index contributed by atoms with van der Waals surface area (Å²) in [5.74, 6) is -0.0991. The number of piperazine rings is 1. The van der Waals surface area contributed by atoms with E-state index in [0.717, 1.165) is 24.2 Å². The Balaban J connectivity index is 0.00000268. The van der Waals surface area contributed by atoms with Crippen LogP contribution < -0.4 is 11.1 Å². The number of ether oxygens (including phenoxy) is 1. The van der Waals surface area contributed by atoms with Crippen molar-refractivity contribution in [1.29, 1.82) is 0 Å². The van der Waals surface area contributed by atoms with Crippen molar-refractivity contribution in [2.45, 2.75) is 32.4 Å². The van der Waals surface area contributed by atoms with Crippen molar-refractivity contribution in [3.63, 3.8) is 0 Å². The first-order chi connectivity index (χ1) is 19.5. The first-order valence-electron chi connectivity index (χ1n) is 13.6. The van der Waals surface area contributed by atoms with E-state index >= 15 is 0 Å². The number of halogens is 1. The topological polar surface area (TPSA) is 104 Å². The maximum Gasteiger partial charge on any atom is 0.246 e. The Morgan fingerprint density at radius 3 is 2.39 bits per heavy atom. The third-order valence-electron chi connectivity index (χ3n) is 6.30. The van der Waals surface area contributed by atoms with Crippen LogP contribution in [0, 0.1) is 5.92 Å². The van der Waals surface area contributed by atoms with Crippen LogP contribution in [0.4, 0.5) is 0 Å². The standard InChI is InChI=1S/C29H42ClN5O3.C2H5N/c1-8-9-27(34-14-16-35(17-15-34)29(37)21(2)3)24-11-10-23(30)18-25(24)22(4)26(32-28(36)19-38-7)12-13-31-20-33(5)6;1-2-3/h8,10-13,18,20-21,26-27H,1,4,9,14-17,19H2,2-3,5-7H3,(H,32,36);2H,1,3H2/b13-12+,31-20?;. The zero-order valence-electron chi connectivity index (χ0n) is 25.2. The number of nitrogens with zero attached hydrogens (tertiary/aromatic N) is 4. The molecule has 0 aliphatic carbocycles. The predicted molar refractivity (Wildman–Crippen MR) is 171 cm³/mol. The zero-order chi connectivity index (χ0) is 30.9. The molecule has 0 bridgehead atoms. The van der Waals surface area contributed by atoms with E-state index in [1.807, 2.05) is 62.0 Å². The van der Waals surface area contributed by atoms with Gasteiger partial charge in [0, 0.05) is 70.6 Å². The van der Waals surface area contributed by atoms with Crippen molar-refractivity contribution >= 4 is 35.3 Å². The van der Waals surface area contributed by atoms with E-state index in [2.05, 4.69) is 40.7 Å². The average Bonchev–Trinajstić information content (AvgIpc) is 2.93. The summed E-state index contributed by atoms with van der Waals surface area (Å²) in [7, 11) is 5.24. The molecule has 0 aromatic heterocycles. The van der Waals surface area contributed by atoms with Gasteiger partial charge in [0.05, 0.1) is 12.4 Å². The van der Waals surface area contributed by atoms with E-state index in [1.54, 1.807) is 18.6 Å². The lowest BCUT2D eigenvalue weighted by Crippen LogP contribution is -2.50. The fraction of sp³-hybridized carbons (Fsp3) is 0.452. The Morgan fingerprint density at radius 2 is 1.85 bits per heavy atom. The van der Waals surface area contributed by atoms with E-state index in [4.69, 9.17) is 16.3 Å². The van der Waals surface area contributed by atoms with Crippen LogP contribution in [0.5, 0.6) is 0 Å². The molecule has 2 amide bonds. The molecule has 10 heteroatoms. The van der Waals surface area contributed by atoms with E-state index in [1.165, 1.54) is 13.3 Å². The van der Waals surface area contributed by atoms with E-state index < -0.39 is 6.04 Å². The summed E-state index contributed by atoms with van der Waals surface area (Å²) in [4.78, 5) is 35.4. The number of carbonyl (C=O) groups is 2. The number of carbonyl (C=O) groups excluding carboxylic acids is 2.